The van der Waals surface area contributed by atoms with Gasteiger partial charge < -0.3 is 14.6 Å². The molecule has 2 rings (SSSR count). The van der Waals surface area contributed by atoms with Gasteiger partial charge in [-0.05, 0) is 24.2 Å². The van der Waals surface area contributed by atoms with Gasteiger partial charge >= 0.3 is 5.97 Å². The minimum Gasteiger partial charge on any atom is -0.543 e. The highest BCUT2D eigenvalue weighted by Crippen LogP contribution is 2.38. The van der Waals surface area contributed by atoms with E-state index in [4.69, 9.17) is 4.43 Å². The number of rotatable bonds is 6. The van der Waals surface area contributed by atoms with Gasteiger partial charge in [-0.3, -0.25) is 0 Å². The zero-order valence-electron chi connectivity index (χ0n) is 13.2. The minimum absolute atomic E-state index is 0.111. The molecule has 0 aromatic heterocycles. The van der Waals surface area contributed by atoms with Crippen LogP contribution in [0.2, 0.25) is 18.1 Å². The monoisotopic (exact) mass is 318 g/mol. The largest absolute Gasteiger partial charge is 0.543 e. The van der Waals surface area contributed by atoms with Gasteiger partial charge in [-0.15, -0.1) is 0 Å². The number of phenols is 1. The van der Waals surface area contributed by atoms with Gasteiger partial charge in [0.05, 0.1) is 0 Å². The number of carbonyl (C=O) groups is 1. The van der Waals surface area contributed by atoms with E-state index < -0.39 is 14.3 Å². The first kappa shape index (κ1) is 16.4. The number of carboxylic acid groups (broad SMARTS) is 1. The Hall–Kier alpha value is -2.01. The molecule has 0 unspecified atom stereocenters. The standard InChI is InChI=1S/C17H22O4Si/c1-4-22(5-2,6-3)21-15-11-14(17(19)20)16(18)13-10-8-7-9-12(13)15/h7-11,18H,4-6H2,1-3H3,(H,19,20). The van der Waals surface area contributed by atoms with Crippen molar-refractivity contribution in [3.05, 3.63) is 35.9 Å². The van der Waals surface area contributed by atoms with E-state index in [1.165, 1.54) is 6.07 Å². The van der Waals surface area contributed by atoms with Crippen LogP contribution >= 0.6 is 0 Å². The van der Waals surface area contributed by atoms with Crippen molar-refractivity contribution in [2.24, 2.45) is 0 Å². The summed E-state index contributed by atoms with van der Waals surface area (Å²) >= 11 is 0. The number of hydrogen-bond donors (Lipinski definition) is 2. The number of aromatic carboxylic acids is 1. The van der Waals surface area contributed by atoms with Crippen molar-refractivity contribution in [1.29, 1.82) is 0 Å². The molecule has 0 aliphatic heterocycles. The summed E-state index contributed by atoms with van der Waals surface area (Å²) in [6.45, 7) is 6.37. The average molecular weight is 318 g/mol. The van der Waals surface area contributed by atoms with E-state index in [1.54, 1.807) is 12.1 Å². The lowest BCUT2D eigenvalue weighted by Gasteiger charge is -2.30. The second kappa shape index (κ2) is 6.40. The second-order valence-electron chi connectivity index (χ2n) is 5.47. The maximum atomic E-state index is 11.4. The maximum absolute atomic E-state index is 11.4. The fourth-order valence-corrected chi connectivity index (χ4v) is 5.34. The van der Waals surface area contributed by atoms with E-state index in [1.807, 2.05) is 12.1 Å². The molecule has 0 aliphatic rings. The molecule has 0 bridgehead atoms. The second-order valence-corrected chi connectivity index (χ2v) is 10.2. The summed E-state index contributed by atoms with van der Waals surface area (Å²) in [6, 6.07) is 11.6. The first-order valence-corrected chi connectivity index (χ1v) is 10.2. The Morgan fingerprint density at radius 1 is 1.09 bits per heavy atom. The van der Waals surface area contributed by atoms with E-state index in [9.17, 15) is 15.0 Å². The number of aromatic hydroxyl groups is 1. The summed E-state index contributed by atoms with van der Waals surface area (Å²) in [6.07, 6.45) is 0. The van der Waals surface area contributed by atoms with Crippen LogP contribution in [0, 0.1) is 0 Å². The van der Waals surface area contributed by atoms with Crippen LogP contribution in [0.1, 0.15) is 31.1 Å². The molecule has 5 heteroatoms. The Balaban J connectivity index is 2.67. The van der Waals surface area contributed by atoms with Crippen LogP contribution in [0.25, 0.3) is 10.8 Å². The minimum atomic E-state index is -1.93. The van der Waals surface area contributed by atoms with Crippen LogP contribution in [-0.4, -0.2) is 24.5 Å². The third-order valence-corrected chi connectivity index (χ3v) is 8.99. The number of benzene rings is 2. The molecule has 22 heavy (non-hydrogen) atoms. The highest BCUT2D eigenvalue weighted by molar-refractivity contribution is 6.74. The smallest absolute Gasteiger partial charge is 0.339 e. The van der Waals surface area contributed by atoms with Gasteiger partial charge in [0, 0.05) is 10.8 Å². The summed E-state index contributed by atoms with van der Waals surface area (Å²) in [5.74, 6) is -0.778. The van der Waals surface area contributed by atoms with Crippen molar-refractivity contribution < 1.29 is 19.4 Å². The van der Waals surface area contributed by atoms with Crippen molar-refractivity contribution in [2.45, 2.75) is 38.9 Å². The fourth-order valence-electron chi connectivity index (χ4n) is 2.77. The summed E-state index contributed by atoms with van der Waals surface area (Å²) in [7, 11) is -1.93. The van der Waals surface area contributed by atoms with Gasteiger partial charge in [-0.2, -0.15) is 0 Å². The lowest BCUT2D eigenvalue weighted by Crippen LogP contribution is -2.39. The van der Waals surface area contributed by atoms with Crippen molar-refractivity contribution in [2.75, 3.05) is 0 Å². The van der Waals surface area contributed by atoms with Gasteiger partial charge in [0.25, 0.3) is 8.32 Å². The molecule has 0 atom stereocenters. The molecule has 0 amide bonds. The van der Waals surface area contributed by atoms with Gasteiger partial charge in [-0.1, -0.05) is 45.0 Å². The summed E-state index contributed by atoms with van der Waals surface area (Å²) in [5, 5.41) is 20.8. The van der Waals surface area contributed by atoms with E-state index in [0.29, 0.717) is 11.1 Å². The van der Waals surface area contributed by atoms with Gasteiger partial charge in [0.1, 0.15) is 17.1 Å². The third kappa shape index (κ3) is 2.81. The SMILES string of the molecule is CC[Si](CC)(CC)Oc1cc(C(=O)O)c(O)c2ccccc12. The van der Waals surface area contributed by atoms with Crippen LogP contribution in [0.15, 0.2) is 30.3 Å². The van der Waals surface area contributed by atoms with Gasteiger partial charge in [0.2, 0.25) is 0 Å². The van der Waals surface area contributed by atoms with Crippen LogP contribution in [0.3, 0.4) is 0 Å². The lowest BCUT2D eigenvalue weighted by atomic mass is 10.0. The van der Waals surface area contributed by atoms with Crippen LogP contribution in [-0.2, 0) is 0 Å². The summed E-state index contributed by atoms with van der Waals surface area (Å²) in [5.41, 5.74) is -0.111. The predicted molar refractivity (Wildman–Crippen MR) is 90.4 cm³/mol. The summed E-state index contributed by atoms with van der Waals surface area (Å²) < 4.78 is 6.37. The fraction of sp³-hybridized carbons (Fsp3) is 0.353. The molecule has 0 radical (unpaired) electrons. The molecule has 4 nitrogen and oxygen atoms in total. The normalized spacial score (nSPS) is 11.6. The Morgan fingerprint density at radius 3 is 2.14 bits per heavy atom. The van der Waals surface area contributed by atoms with Crippen LogP contribution < -0.4 is 4.43 Å². The number of fused-ring (bicyclic) bond motifs is 1. The molecule has 2 N–H and O–H groups in total. The van der Waals surface area contributed by atoms with Crippen molar-refractivity contribution >= 4 is 25.1 Å². The van der Waals surface area contributed by atoms with E-state index >= 15 is 0 Å². The third-order valence-electron chi connectivity index (χ3n) is 4.47. The van der Waals surface area contributed by atoms with Gasteiger partial charge in [-0.25, -0.2) is 4.79 Å². The highest BCUT2D eigenvalue weighted by Gasteiger charge is 2.32. The van der Waals surface area contributed by atoms with Crippen LogP contribution in [0.4, 0.5) is 0 Å². The molecule has 0 saturated carbocycles. The quantitative estimate of drug-likeness (QED) is 0.762. The van der Waals surface area contributed by atoms with Crippen molar-refractivity contribution in [1.82, 2.24) is 0 Å². The molecule has 0 spiro atoms. The molecular formula is C17H22O4Si. The average Bonchev–Trinajstić information content (AvgIpc) is 2.55. The topological polar surface area (TPSA) is 66.8 Å². The summed E-state index contributed by atoms with van der Waals surface area (Å²) in [4.78, 5) is 11.4. The molecular weight excluding hydrogens is 296 g/mol. The highest BCUT2D eigenvalue weighted by atomic mass is 28.4. The number of hydrogen-bond acceptors (Lipinski definition) is 3. The molecule has 2 aromatic rings. The molecule has 2 aromatic carbocycles. The predicted octanol–water partition coefficient (Wildman–Crippen LogP) is 4.63. The Labute approximate surface area is 131 Å². The molecule has 0 heterocycles. The van der Waals surface area contributed by atoms with E-state index in [-0.39, 0.29) is 11.3 Å². The van der Waals surface area contributed by atoms with Gasteiger partial charge in [0.15, 0.2) is 0 Å². The Bertz CT molecular complexity index is 684. The molecule has 0 fully saturated rings. The van der Waals surface area contributed by atoms with Crippen LogP contribution in [0.5, 0.6) is 11.5 Å². The van der Waals surface area contributed by atoms with E-state index in [0.717, 1.165) is 23.5 Å². The Morgan fingerprint density at radius 2 is 1.64 bits per heavy atom. The number of carboxylic acids is 1. The molecule has 118 valence electrons. The molecule has 0 aliphatic carbocycles. The zero-order chi connectivity index (χ0) is 16.3. The molecule has 0 saturated heterocycles. The van der Waals surface area contributed by atoms with Crippen molar-refractivity contribution in [3.63, 3.8) is 0 Å². The zero-order valence-corrected chi connectivity index (χ0v) is 14.2. The first-order valence-electron chi connectivity index (χ1n) is 7.65. The Kier molecular flexibility index (Phi) is 4.76. The van der Waals surface area contributed by atoms with Crippen molar-refractivity contribution in [3.8, 4) is 11.5 Å². The van der Waals surface area contributed by atoms with E-state index in [2.05, 4.69) is 20.8 Å². The first-order chi connectivity index (χ1) is 10.5. The lowest BCUT2D eigenvalue weighted by molar-refractivity contribution is 0.0693. The maximum Gasteiger partial charge on any atom is 0.339 e.